The molecule has 0 aliphatic carbocycles. The van der Waals surface area contributed by atoms with E-state index in [1.54, 1.807) is 0 Å². The van der Waals surface area contributed by atoms with Crippen molar-refractivity contribution >= 4 is 5.91 Å². The molecule has 0 radical (unpaired) electrons. The molecule has 0 bridgehead atoms. The number of carbonyl (C=O) groups is 1. The van der Waals surface area contributed by atoms with Crippen LogP contribution in [0.25, 0.3) is 0 Å². The number of nitrogens with one attached hydrogen (secondary N) is 1. The predicted molar refractivity (Wildman–Crippen MR) is 360 cm³/mol. The summed E-state index contributed by atoms with van der Waals surface area (Å²) in [7, 11) is 0. The first kappa shape index (κ1) is 83.7. The van der Waals surface area contributed by atoms with E-state index in [4.69, 9.17) is 28.4 Å². The second kappa shape index (κ2) is 54.5. The molecule has 3 heterocycles. The summed E-state index contributed by atoms with van der Waals surface area (Å²) in [4.78, 5) is 13.4. The van der Waals surface area contributed by atoms with Crippen molar-refractivity contribution in [2.24, 2.45) is 0 Å². The summed E-state index contributed by atoms with van der Waals surface area (Å²) in [5.41, 5.74) is 0. The number of ether oxygens (including phenoxy) is 6. The van der Waals surface area contributed by atoms with Gasteiger partial charge in [0.05, 0.1) is 38.6 Å². The molecule has 12 N–H and O–H groups in total. The molecule has 536 valence electrons. The van der Waals surface area contributed by atoms with E-state index in [9.17, 15) is 61.0 Å². The van der Waals surface area contributed by atoms with Crippen molar-refractivity contribution in [3.8, 4) is 0 Å². The summed E-state index contributed by atoms with van der Waals surface area (Å²) in [6.07, 6.45) is 40.6. The predicted octanol–water partition coefficient (Wildman–Crippen LogP) is 10.3. The summed E-state index contributed by atoms with van der Waals surface area (Å²) in [6, 6.07) is -0.885. The molecule has 0 aromatic carbocycles. The standard InChI is InChI=1S/C73H131NO18/c1-3-5-7-9-11-13-15-16-17-18-19-20-21-22-23-24-25-26-27-28-29-30-31-32-33-34-35-36-37-38-39-40-41-43-45-47-49-51-61(79)74-56(57(78)50-48-46-44-42-14-12-10-8-6-4-2)55-87-71-67(85)64(82)69(59(53-76)89-71)92-73-68(86)65(83)70(60(54-77)90-73)91-72-66(84)63(81)62(80)58(52-75)88-72/h5,7,11,13,16-17,19-20,22-23,56-60,62-73,75-78,80-86H,3-4,6,8-10,12,14-15,18,21,24-55H2,1-2H3,(H,74,79)/b7-5-,13-11-,17-16-,20-19-,23-22-. The van der Waals surface area contributed by atoms with Gasteiger partial charge in [0.25, 0.3) is 0 Å². The van der Waals surface area contributed by atoms with Gasteiger partial charge in [0.15, 0.2) is 18.9 Å². The van der Waals surface area contributed by atoms with Crippen LogP contribution >= 0.6 is 0 Å². The summed E-state index contributed by atoms with van der Waals surface area (Å²) < 4.78 is 34.4. The Labute approximate surface area is 554 Å². The third kappa shape index (κ3) is 35.7. The minimum atomic E-state index is -1.97. The number of rotatable bonds is 56. The molecule has 17 unspecified atom stereocenters. The smallest absolute Gasteiger partial charge is 0.220 e. The maximum Gasteiger partial charge on any atom is 0.220 e. The van der Waals surface area contributed by atoms with Crippen molar-refractivity contribution in [1.29, 1.82) is 0 Å². The number of aliphatic hydroxyl groups excluding tert-OH is 11. The van der Waals surface area contributed by atoms with Gasteiger partial charge < -0.3 is 89.9 Å². The quantitative estimate of drug-likeness (QED) is 0.0199. The fraction of sp³-hybridized carbons (Fsp3) is 0.849. The van der Waals surface area contributed by atoms with Crippen LogP contribution in [0.3, 0.4) is 0 Å². The molecule has 0 saturated carbocycles. The number of hydrogen-bond acceptors (Lipinski definition) is 18. The molecule has 3 aliphatic heterocycles. The fourth-order valence-corrected chi connectivity index (χ4v) is 12.2. The lowest BCUT2D eigenvalue weighted by Gasteiger charge is -2.48. The number of hydrogen-bond donors (Lipinski definition) is 12. The lowest BCUT2D eigenvalue weighted by atomic mass is 9.96. The van der Waals surface area contributed by atoms with Gasteiger partial charge >= 0.3 is 0 Å². The minimum absolute atomic E-state index is 0.242. The monoisotopic (exact) mass is 1310 g/mol. The molecule has 3 rings (SSSR count). The molecule has 92 heavy (non-hydrogen) atoms. The average molecular weight is 1310 g/mol. The third-order valence-corrected chi connectivity index (χ3v) is 18.1. The van der Waals surface area contributed by atoms with Crippen molar-refractivity contribution in [2.75, 3.05) is 26.4 Å². The van der Waals surface area contributed by atoms with Crippen molar-refractivity contribution < 1.29 is 89.4 Å². The van der Waals surface area contributed by atoms with Crippen LogP contribution < -0.4 is 5.32 Å². The Morgan fingerprint density at radius 2 is 0.750 bits per heavy atom. The zero-order valence-electron chi connectivity index (χ0n) is 56.8. The molecule has 0 aromatic heterocycles. The number of carbonyl (C=O) groups excluding carboxylic acids is 1. The van der Waals surface area contributed by atoms with Crippen LogP contribution in [-0.2, 0) is 33.2 Å². The van der Waals surface area contributed by atoms with E-state index in [0.717, 1.165) is 77.0 Å². The Morgan fingerprint density at radius 1 is 0.402 bits per heavy atom. The highest BCUT2D eigenvalue weighted by atomic mass is 16.8. The topological polar surface area (TPSA) is 307 Å². The Kier molecular flexibility index (Phi) is 49.6. The Balaban J connectivity index is 1.28. The van der Waals surface area contributed by atoms with Crippen molar-refractivity contribution in [2.45, 2.75) is 369 Å². The van der Waals surface area contributed by atoms with Gasteiger partial charge in [-0.25, -0.2) is 0 Å². The Bertz CT molecular complexity index is 1900. The van der Waals surface area contributed by atoms with Gasteiger partial charge in [0.1, 0.15) is 73.2 Å². The second-order valence-electron chi connectivity index (χ2n) is 26.0. The molecule has 0 spiro atoms. The zero-order valence-corrected chi connectivity index (χ0v) is 56.8. The summed E-state index contributed by atoms with van der Waals surface area (Å²) in [6.45, 7) is 1.67. The van der Waals surface area contributed by atoms with Crippen molar-refractivity contribution in [3.63, 3.8) is 0 Å². The first-order valence-electron chi connectivity index (χ1n) is 36.5. The molecule has 3 fully saturated rings. The van der Waals surface area contributed by atoms with Crippen LogP contribution in [0.1, 0.15) is 264 Å². The number of allylic oxidation sites excluding steroid dienone is 10. The Morgan fingerprint density at radius 3 is 1.17 bits per heavy atom. The largest absolute Gasteiger partial charge is 0.394 e. The van der Waals surface area contributed by atoms with Crippen LogP contribution in [-0.4, -0.2) is 193 Å². The second-order valence-corrected chi connectivity index (χ2v) is 26.0. The normalized spacial score (nSPS) is 28.0. The molecular formula is C73H131NO18. The van der Waals surface area contributed by atoms with E-state index in [1.165, 1.54) is 154 Å². The van der Waals surface area contributed by atoms with Gasteiger partial charge in [-0.1, -0.05) is 261 Å². The first-order chi connectivity index (χ1) is 44.8. The highest BCUT2D eigenvalue weighted by molar-refractivity contribution is 5.76. The minimum Gasteiger partial charge on any atom is -0.394 e. The molecule has 19 nitrogen and oxygen atoms in total. The highest BCUT2D eigenvalue weighted by Crippen LogP contribution is 2.33. The first-order valence-corrected chi connectivity index (χ1v) is 36.5. The molecule has 3 saturated heterocycles. The maximum atomic E-state index is 13.4. The van der Waals surface area contributed by atoms with Gasteiger partial charge in [-0.05, 0) is 57.8 Å². The zero-order chi connectivity index (χ0) is 66.8. The van der Waals surface area contributed by atoms with Gasteiger partial charge in [-0.3, -0.25) is 4.79 Å². The van der Waals surface area contributed by atoms with Gasteiger partial charge in [-0.2, -0.15) is 0 Å². The van der Waals surface area contributed by atoms with Gasteiger partial charge in [0, 0.05) is 6.42 Å². The van der Waals surface area contributed by atoms with E-state index in [-0.39, 0.29) is 18.9 Å². The maximum absolute atomic E-state index is 13.4. The lowest BCUT2D eigenvalue weighted by Crippen LogP contribution is -2.66. The third-order valence-electron chi connectivity index (χ3n) is 18.1. The van der Waals surface area contributed by atoms with E-state index in [2.05, 4.69) is 79.9 Å². The molecule has 19 heteroatoms. The van der Waals surface area contributed by atoms with Crippen LogP contribution in [0.4, 0.5) is 0 Å². The van der Waals surface area contributed by atoms with Gasteiger partial charge in [0.2, 0.25) is 5.91 Å². The lowest BCUT2D eigenvalue weighted by molar-refractivity contribution is -0.379. The van der Waals surface area contributed by atoms with Crippen LogP contribution in [0.5, 0.6) is 0 Å². The van der Waals surface area contributed by atoms with Crippen LogP contribution in [0, 0.1) is 0 Å². The summed E-state index contributed by atoms with van der Waals surface area (Å²) in [5.74, 6) is -0.242. The Hall–Kier alpha value is -2.51. The van der Waals surface area contributed by atoms with Gasteiger partial charge in [-0.15, -0.1) is 0 Å². The SMILES string of the molecule is CC/C=C\C/C=C\C/C=C\C/C=C\C/C=C\CCCCCCCCCCCCCCCCCCCCCCCC(=O)NC(COC1OC(CO)C(OC2OC(CO)C(OC3OC(CO)C(O)C(O)C3O)C(O)C2O)C(O)C1O)C(O)CCCCCCCCCCCC. The molecule has 17 atom stereocenters. The van der Waals surface area contributed by atoms with Crippen molar-refractivity contribution in [1.82, 2.24) is 5.32 Å². The number of unbranched alkanes of at least 4 members (excludes halogenated alkanes) is 30. The van der Waals surface area contributed by atoms with Crippen LogP contribution in [0.2, 0.25) is 0 Å². The number of amides is 1. The number of aliphatic hydroxyl groups is 11. The van der Waals surface area contributed by atoms with Crippen LogP contribution in [0.15, 0.2) is 60.8 Å². The van der Waals surface area contributed by atoms with E-state index < -0.39 is 124 Å². The summed E-state index contributed by atoms with van der Waals surface area (Å²) in [5, 5.41) is 120. The molecule has 1 amide bonds. The van der Waals surface area contributed by atoms with E-state index in [0.29, 0.717) is 12.8 Å². The molecule has 3 aliphatic rings. The van der Waals surface area contributed by atoms with E-state index >= 15 is 0 Å². The fourth-order valence-electron chi connectivity index (χ4n) is 12.2. The molecular weight excluding hydrogens is 1180 g/mol. The average Bonchev–Trinajstić information content (AvgIpc) is 0.799. The van der Waals surface area contributed by atoms with E-state index in [1.807, 2.05) is 0 Å². The van der Waals surface area contributed by atoms with Crippen molar-refractivity contribution in [3.05, 3.63) is 60.8 Å². The molecule has 0 aromatic rings. The summed E-state index contributed by atoms with van der Waals surface area (Å²) >= 11 is 0. The highest BCUT2D eigenvalue weighted by Gasteiger charge is 2.53.